The van der Waals surface area contributed by atoms with Gasteiger partial charge in [0.05, 0.1) is 11.4 Å². The molecule has 1 unspecified atom stereocenters. The quantitative estimate of drug-likeness (QED) is 0.901. The van der Waals surface area contributed by atoms with Gasteiger partial charge in [-0.1, -0.05) is 61.9 Å². The van der Waals surface area contributed by atoms with Gasteiger partial charge in [0.1, 0.15) is 0 Å². The first-order chi connectivity index (χ1) is 12.6. The number of nitrogens with one attached hydrogen (secondary N) is 1. The van der Waals surface area contributed by atoms with Crippen LogP contribution in [0.5, 0.6) is 0 Å². The number of hydrogen-bond acceptors (Lipinski definition) is 3. The molecule has 1 aliphatic rings. The molecule has 2 aromatic carbocycles. The number of nitrogens with zero attached hydrogens (tertiary/aromatic N) is 2. The Morgan fingerprint density at radius 2 is 1.81 bits per heavy atom. The maximum Gasteiger partial charge on any atom is 0.272 e. The Hall–Kier alpha value is -2.95. The molecule has 1 aliphatic heterocycles. The standard InChI is InChI=1S/C21H23N3O2/c1-3-4-14-18(25)22-20-21(26)24(2)17-13-9-8-12-16(17)19(23-20)15-10-6-5-7-11-15/h5-13,20H,3-4,14H2,1-2H3,(H,22,25). The highest BCUT2D eigenvalue weighted by molar-refractivity contribution is 6.20. The first kappa shape index (κ1) is 17.9. The van der Waals surface area contributed by atoms with Crippen LogP contribution >= 0.6 is 0 Å². The van der Waals surface area contributed by atoms with E-state index in [0.717, 1.165) is 29.7 Å². The predicted molar refractivity (Wildman–Crippen MR) is 103 cm³/mol. The zero-order valence-corrected chi connectivity index (χ0v) is 15.1. The highest BCUT2D eigenvalue weighted by atomic mass is 16.2. The molecular formula is C21H23N3O2. The maximum atomic E-state index is 12.9. The molecular weight excluding hydrogens is 326 g/mol. The van der Waals surface area contributed by atoms with E-state index in [2.05, 4.69) is 10.3 Å². The Morgan fingerprint density at radius 1 is 1.12 bits per heavy atom. The maximum absolute atomic E-state index is 12.9. The van der Waals surface area contributed by atoms with Crippen LogP contribution in [0.25, 0.3) is 0 Å². The fourth-order valence-electron chi connectivity index (χ4n) is 3.00. The molecule has 1 atom stereocenters. The average Bonchev–Trinajstić information content (AvgIpc) is 2.78. The summed E-state index contributed by atoms with van der Waals surface area (Å²) < 4.78 is 0. The Balaban J connectivity index is 2.04. The van der Waals surface area contributed by atoms with Crippen molar-refractivity contribution in [3.05, 3.63) is 65.7 Å². The van der Waals surface area contributed by atoms with Gasteiger partial charge in [-0.3, -0.25) is 9.59 Å². The van der Waals surface area contributed by atoms with Gasteiger partial charge in [-0.25, -0.2) is 4.99 Å². The van der Waals surface area contributed by atoms with Crippen LogP contribution in [0.1, 0.15) is 37.3 Å². The van der Waals surface area contributed by atoms with E-state index in [1.165, 1.54) is 0 Å². The summed E-state index contributed by atoms with van der Waals surface area (Å²) in [4.78, 5) is 31.3. The Morgan fingerprint density at radius 3 is 2.54 bits per heavy atom. The smallest absolute Gasteiger partial charge is 0.272 e. The van der Waals surface area contributed by atoms with E-state index in [-0.39, 0.29) is 11.8 Å². The lowest BCUT2D eigenvalue weighted by atomic mass is 10.0. The predicted octanol–water partition coefficient (Wildman–Crippen LogP) is 3.13. The summed E-state index contributed by atoms with van der Waals surface area (Å²) >= 11 is 0. The molecule has 0 saturated carbocycles. The van der Waals surface area contributed by atoms with Crippen LogP contribution in [0.4, 0.5) is 5.69 Å². The summed E-state index contributed by atoms with van der Waals surface area (Å²) in [5.74, 6) is -0.394. The van der Waals surface area contributed by atoms with Gasteiger partial charge in [0.15, 0.2) is 0 Å². The van der Waals surface area contributed by atoms with Crippen LogP contribution in [0.15, 0.2) is 59.6 Å². The highest BCUT2D eigenvalue weighted by Crippen LogP contribution is 2.27. The molecule has 5 nitrogen and oxygen atoms in total. The summed E-state index contributed by atoms with van der Waals surface area (Å²) in [5.41, 5.74) is 3.28. The van der Waals surface area contributed by atoms with Crippen molar-refractivity contribution in [3.63, 3.8) is 0 Å². The SMILES string of the molecule is CCCCC(=O)NC1N=C(c2ccccc2)c2ccccc2N(C)C1=O. The summed E-state index contributed by atoms with van der Waals surface area (Å²) in [6.45, 7) is 2.03. The second kappa shape index (κ2) is 7.95. The van der Waals surface area contributed by atoms with Crippen molar-refractivity contribution in [3.8, 4) is 0 Å². The van der Waals surface area contributed by atoms with Crippen molar-refractivity contribution in [2.45, 2.75) is 32.4 Å². The topological polar surface area (TPSA) is 61.8 Å². The van der Waals surface area contributed by atoms with Gasteiger partial charge in [0.25, 0.3) is 5.91 Å². The number of unbranched alkanes of at least 4 members (excludes halogenated alkanes) is 1. The number of likely N-dealkylation sites (N-methyl/N-ethyl adjacent to an activating group) is 1. The van der Waals surface area contributed by atoms with Crippen molar-refractivity contribution in [2.24, 2.45) is 4.99 Å². The third-order valence-corrected chi connectivity index (χ3v) is 4.45. The van der Waals surface area contributed by atoms with Gasteiger partial charge in [0, 0.05) is 24.6 Å². The second-order valence-corrected chi connectivity index (χ2v) is 6.33. The lowest BCUT2D eigenvalue weighted by Gasteiger charge is -2.20. The van der Waals surface area contributed by atoms with Gasteiger partial charge >= 0.3 is 0 Å². The molecule has 5 heteroatoms. The van der Waals surface area contributed by atoms with Crippen LogP contribution < -0.4 is 10.2 Å². The minimum atomic E-state index is -0.924. The molecule has 0 aromatic heterocycles. The van der Waals surface area contributed by atoms with E-state index in [1.54, 1.807) is 11.9 Å². The summed E-state index contributed by atoms with van der Waals surface area (Å²) in [6, 6.07) is 17.4. The highest BCUT2D eigenvalue weighted by Gasteiger charge is 2.30. The normalized spacial score (nSPS) is 16.5. The fourth-order valence-corrected chi connectivity index (χ4v) is 3.00. The van der Waals surface area contributed by atoms with E-state index in [9.17, 15) is 9.59 Å². The first-order valence-electron chi connectivity index (χ1n) is 8.91. The van der Waals surface area contributed by atoms with E-state index in [1.807, 2.05) is 61.5 Å². The number of benzodiazepines with no additional fused rings is 1. The molecule has 0 spiro atoms. The van der Waals surface area contributed by atoms with Crippen LogP contribution in [-0.2, 0) is 9.59 Å². The fraction of sp³-hybridized carbons (Fsp3) is 0.286. The third-order valence-electron chi connectivity index (χ3n) is 4.45. The van der Waals surface area contributed by atoms with E-state index in [4.69, 9.17) is 0 Å². The molecule has 1 heterocycles. The van der Waals surface area contributed by atoms with E-state index in [0.29, 0.717) is 12.1 Å². The number of carbonyl (C=O) groups excluding carboxylic acids is 2. The van der Waals surface area contributed by atoms with Gasteiger partial charge in [-0.2, -0.15) is 0 Å². The molecule has 26 heavy (non-hydrogen) atoms. The third kappa shape index (κ3) is 3.67. The number of rotatable bonds is 5. The molecule has 0 aliphatic carbocycles. The zero-order chi connectivity index (χ0) is 18.5. The van der Waals surface area contributed by atoms with Gasteiger partial charge in [-0.05, 0) is 12.5 Å². The van der Waals surface area contributed by atoms with Crippen molar-refractivity contribution in [1.29, 1.82) is 0 Å². The molecule has 0 bridgehead atoms. The van der Waals surface area contributed by atoms with Crippen LogP contribution in [-0.4, -0.2) is 30.7 Å². The van der Waals surface area contributed by atoms with Gasteiger partial charge < -0.3 is 10.2 Å². The molecule has 0 radical (unpaired) electrons. The zero-order valence-electron chi connectivity index (χ0n) is 15.1. The van der Waals surface area contributed by atoms with Crippen LogP contribution in [0.2, 0.25) is 0 Å². The van der Waals surface area contributed by atoms with Crippen molar-refractivity contribution >= 4 is 23.2 Å². The lowest BCUT2D eigenvalue weighted by Crippen LogP contribution is -2.46. The van der Waals surface area contributed by atoms with E-state index >= 15 is 0 Å². The molecule has 2 aromatic rings. The monoisotopic (exact) mass is 349 g/mol. The number of amides is 2. The number of aliphatic imine (C=N–C) groups is 1. The number of carbonyl (C=O) groups is 2. The van der Waals surface area contributed by atoms with Crippen molar-refractivity contribution in [1.82, 2.24) is 5.32 Å². The van der Waals surface area contributed by atoms with Crippen molar-refractivity contribution < 1.29 is 9.59 Å². The number of hydrogen-bond donors (Lipinski definition) is 1. The summed E-state index contributed by atoms with van der Waals surface area (Å²) in [5, 5.41) is 2.79. The molecule has 2 amide bonds. The molecule has 0 saturated heterocycles. The number of para-hydroxylation sites is 1. The largest absolute Gasteiger partial charge is 0.327 e. The minimum Gasteiger partial charge on any atom is -0.327 e. The minimum absolute atomic E-state index is 0.152. The van der Waals surface area contributed by atoms with E-state index < -0.39 is 6.17 Å². The molecule has 1 N–H and O–H groups in total. The number of benzene rings is 2. The summed E-state index contributed by atoms with van der Waals surface area (Å²) in [7, 11) is 1.72. The van der Waals surface area contributed by atoms with Gasteiger partial charge in [0.2, 0.25) is 12.1 Å². The second-order valence-electron chi connectivity index (χ2n) is 6.33. The van der Waals surface area contributed by atoms with Gasteiger partial charge in [-0.15, -0.1) is 0 Å². The molecule has 134 valence electrons. The average molecular weight is 349 g/mol. The number of anilines is 1. The Labute approximate surface area is 153 Å². The number of fused-ring (bicyclic) bond motifs is 1. The van der Waals surface area contributed by atoms with Crippen LogP contribution in [0, 0.1) is 0 Å². The van der Waals surface area contributed by atoms with Crippen LogP contribution in [0.3, 0.4) is 0 Å². The summed E-state index contributed by atoms with van der Waals surface area (Å²) in [6.07, 6.45) is 1.19. The lowest BCUT2D eigenvalue weighted by molar-refractivity contribution is -0.127. The Bertz CT molecular complexity index is 830. The first-order valence-corrected chi connectivity index (χ1v) is 8.91. The van der Waals surface area contributed by atoms with Crippen molar-refractivity contribution in [2.75, 3.05) is 11.9 Å². The Kier molecular flexibility index (Phi) is 5.46. The molecule has 3 rings (SSSR count). The molecule has 0 fully saturated rings.